The predicted molar refractivity (Wildman–Crippen MR) is 173 cm³/mol. The molecule has 5 aliphatic rings. The number of hydrogen-bond donors (Lipinski definition) is 4. The normalized spacial score (nSPS) is 29.8. The van der Waals surface area contributed by atoms with E-state index in [9.17, 15) is 32.7 Å². The first kappa shape index (κ1) is 34.7. The van der Waals surface area contributed by atoms with Gasteiger partial charge in [0.15, 0.2) is 0 Å². The highest BCUT2D eigenvalue weighted by Crippen LogP contribution is 2.49. The second kappa shape index (κ2) is 13.1. The third-order valence-corrected chi connectivity index (χ3v) is 12.9. The average Bonchev–Trinajstić information content (AvgIpc) is 3.91. The second-order valence-corrected chi connectivity index (χ2v) is 15.9. The highest BCUT2D eigenvalue weighted by atomic mass is 35.5. The van der Waals surface area contributed by atoms with E-state index in [1.165, 1.54) is 9.80 Å². The maximum atomic E-state index is 14.1. The quantitative estimate of drug-likeness (QED) is 0.303. The number of likely N-dealkylation sites (tertiary alicyclic amines) is 1. The Kier molecular flexibility index (Phi) is 9.90. The lowest BCUT2D eigenvalue weighted by atomic mass is 9.83. The van der Waals surface area contributed by atoms with Crippen molar-refractivity contribution in [3.05, 3.63) is 34.3 Å². The molecule has 5 N–H and O–H groups in total. The molecule has 1 saturated heterocycles. The van der Waals surface area contributed by atoms with Gasteiger partial charge in [0.05, 0.1) is 23.9 Å². The van der Waals surface area contributed by atoms with Crippen molar-refractivity contribution in [2.75, 3.05) is 6.54 Å². The van der Waals surface area contributed by atoms with Gasteiger partial charge in [-0.3, -0.25) is 24.0 Å². The minimum atomic E-state index is -3.83. The zero-order valence-electron chi connectivity index (χ0n) is 25.8. The standard InChI is InChI=1S/C31H42ClN5O7S.ClH/c1-2-19-14-31(19,29(40)35-45(43,44)20-11-12-20)34-27(38)24-13-18(15-36(24)28(39)25(33)17-7-4-3-5-8-17)26-21-9-6-10-23(32)22(21)16-37(26)30(41)42;/h6,9-10,17-20,24-26H,2-5,7-8,11-16,33H2,1H3,(H,34,38)(H,35,40)(H,41,42);1H/t18-,19-,24+,25?,26?,31-;/m1./s1. The smallest absolute Gasteiger partial charge is 0.408 e. The van der Waals surface area contributed by atoms with Crippen LogP contribution in [0.4, 0.5) is 4.79 Å². The molecule has 6 rings (SSSR count). The topological polar surface area (TPSA) is 179 Å². The molecule has 4 fully saturated rings. The van der Waals surface area contributed by atoms with E-state index in [-0.39, 0.29) is 56.1 Å². The summed E-state index contributed by atoms with van der Waals surface area (Å²) in [5.74, 6) is -2.41. The summed E-state index contributed by atoms with van der Waals surface area (Å²) in [5.41, 5.74) is 6.61. The molecular weight excluding hydrogens is 657 g/mol. The Bertz CT molecular complexity index is 1500. The zero-order chi connectivity index (χ0) is 32.3. The van der Waals surface area contributed by atoms with Crippen LogP contribution in [0, 0.1) is 17.8 Å². The van der Waals surface area contributed by atoms with Gasteiger partial charge in [-0.15, -0.1) is 12.4 Å². The van der Waals surface area contributed by atoms with Gasteiger partial charge in [-0.05, 0) is 67.6 Å². The van der Waals surface area contributed by atoms with Crippen LogP contribution in [0.3, 0.4) is 0 Å². The summed E-state index contributed by atoms with van der Waals surface area (Å²) in [7, 11) is -3.83. The number of hydrogen-bond acceptors (Lipinski definition) is 7. The molecule has 0 radical (unpaired) electrons. The van der Waals surface area contributed by atoms with Crippen LogP contribution in [0.15, 0.2) is 18.2 Å². The number of nitrogens with zero attached hydrogens (tertiary/aromatic N) is 2. The van der Waals surface area contributed by atoms with Gasteiger partial charge in [-0.2, -0.15) is 0 Å². The van der Waals surface area contributed by atoms with Crippen LogP contribution >= 0.6 is 24.0 Å². The SMILES string of the molecule is CC[C@@H]1C[C@]1(NC(=O)[C@@H]1C[C@@H](C2c3cccc(Cl)c3CN2C(=O)O)CN1C(=O)C(N)C1CCCCC1)C(=O)NS(=O)(=O)C1CC1.Cl. The molecular formula is C31H43Cl2N5O7S. The van der Waals surface area contributed by atoms with E-state index in [1.807, 2.05) is 13.0 Å². The first-order chi connectivity index (χ1) is 21.4. The number of rotatable bonds is 9. The van der Waals surface area contributed by atoms with Crippen molar-refractivity contribution in [1.82, 2.24) is 19.8 Å². The molecule has 2 unspecified atom stereocenters. The Morgan fingerprint density at radius 3 is 2.41 bits per heavy atom. The van der Waals surface area contributed by atoms with Gasteiger partial charge < -0.3 is 21.1 Å². The number of carboxylic acid groups (broad SMARTS) is 1. The summed E-state index contributed by atoms with van der Waals surface area (Å²) >= 11 is 6.46. The van der Waals surface area contributed by atoms with Gasteiger partial charge in [0.1, 0.15) is 11.6 Å². The molecule has 4 amide bonds. The van der Waals surface area contributed by atoms with Crippen LogP contribution in [0.25, 0.3) is 0 Å². The molecule has 1 aromatic rings. The number of nitrogens with two attached hydrogens (primary N) is 1. The van der Waals surface area contributed by atoms with E-state index in [2.05, 4.69) is 10.0 Å². The van der Waals surface area contributed by atoms with Crippen molar-refractivity contribution < 1.29 is 32.7 Å². The second-order valence-electron chi connectivity index (χ2n) is 13.5. The Labute approximate surface area is 280 Å². The summed E-state index contributed by atoms with van der Waals surface area (Å²) in [6.07, 6.45) is 5.50. The summed E-state index contributed by atoms with van der Waals surface area (Å²) in [6, 6.07) is 2.83. The highest BCUT2D eigenvalue weighted by Gasteiger charge is 2.62. The van der Waals surface area contributed by atoms with Gasteiger partial charge >= 0.3 is 6.09 Å². The molecule has 3 saturated carbocycles. The number of fused-ring (bicyclic) bond motifs is 1. The van der Waals surface area contributed by atoms with Crippen molar-refractivity contribution >= 4 is 57.8 Å². The number of nitrogens with one attached hydrogen (secondary N) is 2. The fraction of sp³-hybridized carbons (Fsp3) is 0.677. The van der Waals surface area contributed by atoms with Gasteiger partial charge in [0.2, 0.25) is 21.8 Å². The Balaban J connectivity index is 0.00000417. The van der Waals surface area contributed by atoms with Crippen LogP contribution in [0.5, 0.6) is 0 Å². The summed E-state index contributed by atoms with van der Waals surface area (Å²) in [6.45, 7) is 2.06. The largest absolute Gasteiger partial charge is 0.465 e. The minimum absolute atomic E-state index is 0. The maximum absolute atomic E-state index is 14.1. The van der Waals surface area contributed by atoms with Crippen molar-refractivity contribution in [3.8, 4) is 0 Å². The van der Waals surface area contributed by atoms with Gasteiger partial charge in [0, 0.05) is 17.5 Å². The van der Waals surface area contributed by atoms with Crippen LogP contribution in [-0.2, 0) is 31.0 Å². The highest BCUT2D eigenvalue weighted by molar-refractivity contribution is 7.91. The predicted octanol–water partition coefficient (Wildman–Crippen LogP) is 3.31. The lowest BCUT2D eigenvalue weighted by Gasteiger charge is -2.33. The summed E-state index contributed by atoms with van der Waals surface area (Å²) in [5, 5.41) is 12.9. The molecule has 0 spiro atoms. The molecule has 2 heterocycles. The third kappa shape index (κ3) is 6.32. The lowest BCUT2D eigenvalue weighted by Crippen LogP contribution is -2.58. The molecule has 6 atom stereocenters. The monoisotopic (exact) mass is 699 g/mol. The molecule has 46 heavy (non-hydrogen) atoms. The molecule has 0 bridgehead atoms. The minimum Gasteiger partial charge on any atom is -0.465 e. The molecule has 15 heteroatoms. The van der Waals surface area contributed by atoms with E-state index < -0.39 is 62.8 Å². The van der Waals surface area contributed by atoms with Crippen LogP contribution in [-0.4, -0.2) is 76.6 Å². The fourth-order valence-electron chi connectivity index (χ4n) is 7.92. The van der Waals surface area contributed by atoms with Crippen molar-refractivity contribution in [2.45, 2.75) is 107 Å². The van der Waals surface area contributed by atoms with Crippen LogP contribution < -0.4 is 15.8 Å². The third-order valence-electron chi connectivity index (χ3n) is 10.7. The number of carbonyl (C=O) groups is 4. The van der Waals surface area contributed by atoms with Crippen molar-refractivity contribution in [2.24, 2.45) is 23.5 Å². The van der Waals surface area contributed by atoms with Crippen molar-refractivity contribution in [1.29, 1.82) is 0 Å². The first-order valence-corrected chi connectivity index (χ1v) is 18.0. The molecule has 1 aromatic carbocycles. The number of sulfonamides is 1. The number of benzene rings is 1. The van der Waals surface area contributed by atoms with E-state index in [0.29, 0.717) is 29.8 Å². The summed E-state index contributed by atoms with van der Waals surface area (Å²) in [4.78, 5) is 56.8. The van der Waals surface area contributed by atoms with Crippen LogP contribution in [0.1, 0.15) is 88.3 Å². The van der Waals surface area contributed by atoms with Crippen molar-refractivity contribution in [3.63, 3.8) is 0 Å². The van der Waals surface area contributed by atoms with Gasteiger partial charge in [0.25, 0.3) is 5.91 Å². The van der Waals surface area contributed by atoms with Crippen LogP contribution in [0.2, 0.25) is 5.02 Å². The Morgan fingerprint density at radius 2 is 1.80 bits per heavy atom. The molecule has 12 nitrogen and oxygen atoms in total. The van der Waals surface area contributed by atoms with E-state index >= 15 is 0 Å². The summed E-state index contributed by atoms with van der Waals surface area (Å²) < 4.78 is 27.4. The zero-order valence-corrected chi connectivity index (χ0v) is 28.2. The number of halogens is 2. The fourth-order valence-corrected chi connectivity index (χ4v) is 9.53. The Hall–Kier alpha value is -2.61. The number of carbonyl (C=O) groups excluding carboxylic acids is 3. The van der Waals surface area contributed by atoms with E-state index in [0.717, 1.165) is 37.7 Å². The Morgan fingerprint density at radius 1 is 1.11 bits per heavy atom. The van der Waals surface area contributed by atoms with Gasteiger partial charge in [-0.1, -0.05) is 56.3 Å². The van der Waals surface area contributed by atoms with E-state index in [4.69, 9.17) is 17.3 Å². The number of amides is 4. The molecule has 254 valence electrons. The van der Waals surface area contributed by atoms with Gasteiger partial charge in [-0.25, -0.2) is 13.2 Å². The first-order valence-electron chi connectivity index (χ1n) is 16.1. The average molecular weight is 701 g/mol. The maximum Gasteiger partial charge on any atom is 0.408 e. The molecule has 3 aliphatic carbocycles. The lowest BCUT2D eigenvalue weighted by molar-refractivity contribution is -0.141. The molecule has 2 aliphatic heterocycles. The van der Waals surface area contributed by atoms with E-state index in [1.54, 1.807) is 12.1 Å². The molecule has 0 aromatic heterocycles.